The Kier molecular flexibility index (Phi) is 4.02. The highest BCUT2D eigenvalue weighted by Gasteiger charge is 2.32. The van der Waals surface area contributed by atoms with Crippen LogP contribution in [-0.4, -0.2) is 24.7 Å². The molecule has 0 bridgehead atoms. The molecule has 1 aromatic carbocycles. The molecule has 100 valence electrons. The van der Waals surface area contributed by atoms with Crippen LogP contribution >= 0.6 is 15.9 Å². The first-order chi connectivity index (χ1) is 8.43. The van der Waals surface area contributed by atoms with Crippen LogP contribution in [0, 0.1) is 6.92 Å². The summed E-state index contributed by atoms with van der Waals surface area (Å²) in [6.45, 7) is 11.2. The van der Waals surface area contributed by atoms with Crippen molar-refractivity contribution in [2.24, 2.45) is 0 Å². The highest BCUT2D eigenvalue weighted by Crippen LogP contribution is 2.29. The fraction of sp³-hybridized carbons (Fsp3) is 0.600. The van der Waals surface area contributed by atoms with E-state index >= 15 is 0 Å². The Morgan fingerprint density at radius 2 is 2.17 bits per heavy atom. The van der Waals surface area contributed by atoms with E-state index in [4.69, 9.17) is 0 Å². The second-order valence-electron chi connectivity index (χ2n) is 5.89. The number of rotatable bonds is 2. The van der Waals surface area contributed by atoms with E-state index in [1.165, 1.54) is 17.7 Å². The number of nitrogens with zero attached hydrogens (tertiary/aromatic N) is 1. The fourth-order valence-electron chi connectivity index (χ4n) is 2.70. The summed E-state index contributed by atoms with van der Waals surface area (Å²) in [5.41, 5.74) is 2.91. The lowest BCUT2D eigenvalue weighted by molar-refractivity contribution is 0.306. The summed E-state index contributed by atoms with van der Waals surface area (Å²) in [5.74, 6) is 0. The molecule has 2 rings (SSSR count). The highest BCUT2D eigenvalue weighted by atomic mass is 79.9. The summed E-state index contributed by atoms with van der Waals surface area (Å²) in [6, 6.07) is 7.18. The molecular weight excluding hydrogens is 288 g/mol. The van der Waals surface area contributed by atoms with E-state index < -0.39 is 0 Å². The van der Waals surface area contributed by atoms with Crippen molar-refractivity contribution in [2.75, 3.05) is 18.0 Å². The smallest absolute Gasteiger partial charge is 0.0413 e. The van der Waals surface area contributed by atoms with E-state index in [1.807, 2.05) is 0 Å². The van der Waals surface area contributed by atoms with E-state index in [0.29, 0.717) is 6.04 Å². The van der Waals surface area contributed by atoms with E-state index in [-0.39, 0.29) is 5.54 Å². The third kappa shape index (κ3) is 2.89. The molecule has 1 unspecified atom stereocenters. The van der Waals surface area contributed by atoms with Crippen molar-refractivity contribution in [1.82, 2.24) is 5.32 Å². The lowest BCUT2D eigenvalue weighted by Crippen LogP contribution is -2.61. The van der Waals surface area contributed by atoms with Gasteiger partial charge in [0.2, 0.25) is 0 Å². The third-order valence-corrected chi connectivity index (χ3v) is 4.26. The van der Waals surface area contributed by atoms with Crippen molar-refractivity contribution in [3.63, 3.8) is 0 Å². The average molecular weight is 311 g/mol. The molecule has 1 N–H and O–H groups in total. The van der Waals surface area contributed by atoms with Gasteiger partial charge in [0, 0.05) is 34.8 Å². The highest BCUT2D eigenvalue weighted by molar-refractivity contribution is 9.10. The Morgan fingerprint density at radius 1 is 1.44 bits per heavy atom. The number of benzene rings is 1. The first kappa shape index (κ1) is 13.9. The van der Waals surface area contributed by atoms with Gasteiger partial charge in [0.15, 0.2) is 0 Å². The number of piperazine rings is 1. The number of anilines is 1. The first-order valence-electron chi connectivity index (χ1n) is 6.71. The minimum Gasteiger partial charge on any atom is -0.365 e. The van der Waals surface area contributed by atoms with Crippen LogP contribution in [0.15, 0.2) is 22.7 Å². The van der Waals surface area contributed by atoms with E-state index in [2.05, 4.69) is 72.0 Å². The Morgan fingerprint density at radius 3 is 2.78 bits per heavy atom. The minimum atomic E-state index is 0.186. The molecule has 1 fully saturated rings. The summed E-state index contributed by atoms with van der Waals surface area (Å²) in [4.78, 5) is 2.57. The summed E-state index contributed by atoms with van der Waals surface area (Å²) in [7, 11) is 0. The quantitative estimate of drug-likeness (QED) is 0.895. The standard InChI is InChI=1S/C15H23BrN2/c1-5-13-9-17-15(3,4)10-18(13)14-7-6-12(16)8-11(14)2/h6-8,13,17H,5,9-10H2,1-4H3. The molecule has 0 spiro atoms. The fourth-order valence-corrected chi connectivity index (χ4v) is 3.18. The Balaban J connectivity index is 2.32. The maximum Gasteiger partial charge on any atom is 0.0413 e. The molecule has 18 heavy (non-hydrogen) atoms. The second-order valence-corrected chi connectivity index (χ2v) is 6.80. The van der Waals surface area contributed by atoms with Crippen LogP contribution in [0.5, 0.6) is 0 Å². The number of hydrogen-bond acceptors (Lipinski definition) is 2. The van der Waals surface area contributed by atoms with Gasteiger partial charge in [-0.25, -0.2) is 0 Å². The van der Waals surface area contributed by atoms with Gasteiger partial charge in [-0.3, -0.25) is 0 Å². The van der Waals surface area contributed by atoms with Gasteiger partial charge in [-0.15, -0.1) is 0 Å². The molecule has 0 aliphatic carbocycles. The lowest BCUT2D eigenvalue weighted by atomic mass is 9.96. The van der Waals surface area contributed by atoms with Crippen molar-refractivity contribution in [1.29, 1.82) is 0 Å². The van der Waals surface area contributed by atoms with Crippen molar-refractivity contribution in [3.05, 3.63) is 28.2 Å². The minimum absolute atomic E-state index is 0.186. The van der Waals surface area contributed by atoms with Crippen molar-refractivity contribution >= 4 is 21.6 Å². The van der Waals surface area contributed by atoms with Gasteiger partial charge in [-0.1, -0.05) is 22.9 Å². The molecular formula is C15H23BrN2. The number of aryl methyl sites for hydroxylation is 1. The van der Waals surface area contributed by atoms with E-state index in [1.54, 1.807) is 0 Å². The maximum atomic E-state index is 3.64. The van der Waals surface area contributed by atoms with Gasteiger partial charge in [-0.05, 0) is 51.0 Å². The van der Waals surface area contributed by atoms with E-state index in [9.17, 15) is 0 Å². The van der Waals surface area contributed by atoms with E-state index in [0.717, 1.165) is 17.6 Å². The molecule has 0 radical (unpaired) electrons. The van der Waals surface area contributed by atoms with Gasteiger partial charge >= 0.3 is 0 Å². The zero-order valence-corrected chi connectivity index (χ0v) is 13.3. The monoisotopic (exact) mass is 310 g/mol. The summed E-state index contributed by atoms with van der Waals surface area (Å²) < 4.78 is 1.16. The molecule has 3 heteroatoms. The van der Waals surface area contributed by atoms with Crippen LogP contribution in [0.25, 0.3) is 0 Å². The molecule has 1 saturated heterocycles. The normalized spacial score (nSPS) is 23.2. The van der Waals surface area contributed by atoms with Gasteiger partial charge in [0.25, 0.3) is 0 Å². The van der Waals surface area contributed by atoms with Crippen LogP contribution < -0.4 is 10.2 Å². The summed E-state index contributed by atoms with van der Waals surface area (Å²) in [6.07, 6.45) is 1.18. The second kappa shape index (κ2) is 5.22. The zero-order valence-electron chi connectivity index (χ0n) is 11.8. The number of halogens is 1. The summed E-state index contributed by atoms with van der Waals surface area (Å²) in [5, 5.41) is 3.64. The first-order valence-corrected chi connectivity index (χ1v) is 7.50. The Labute approximate surface area is 119 Å². The molecule has 1 heterocycles. The van der Waals surface area contributed by atoms with Crippen LogP contribution in [0.4, 0.5) is 5.69 Å². The molecule has 1 aromatic rings. The van der Waals surface area contributed by atoms with Crippen molar-refractivity contribution in [2.45, 2.75) is 45.7 Å². The molecule has 0 amide bonds. The number of hydrogen-bond donors (Lipinski definition) is 1. The number of nitrogens with one attached hydrogen (secondary N) is 1. The molecule has 1 aliphatic rings. The van der Waals surface area contributed by atoms with Gasteiger partial charge in [0.05, 0.1) is 0 Å². The predicted octanol–water partition coefficient (Wildman–Crippen LogP) is 3.72. The average Bonchev–Trinajstić information content (AvgIpc) is 2.28. The maximum absolute atomic E-state index is 3.64. The largest absolute Gasteiger partial charge is 0.365 e. The molecule has 1 atom stereocenters. The topological polar surface area (TPSA) is 15.3 Å². The van der Waals surface area contributed by atoms with Gasteiger partial charge in [0.1, 0.15) is 0 Å². The summed E-state index contributed by atoms with van der Waals surface area (Å²) >= 11 is 3.54. The van der Waals surface area contributed by atoms with Crippen molar-refractivity contribution < 1.29 is 0 Å². The van der Waals surface area contributed by atoms with Crippen LogP contribution in [-0.2, 0) is 0 Å². The lowest BCUT2D eigenvalue weighted by Gasteiger charge is -2.46. The molecule has 1 aliphatic heterocycles. The van der Waals surface area contributed by atoms with Crippen LogP contribution in [0.1, 0.15) is 32.8 Å². The van der Waals surface area contributed by atoms with Crippen molar-refractivity contribution in [3.8, 4) is 0 Å². The van der Waals surface area contributed by atoms with Crippen LogP contribution in [0.3, 0.4) is 0 Å². The Hall–Kier alpha value is -0.540. The van der Waals surface area contributed by atoms with Gasteiger partial charge in [-0.2, -0.15) is 0 Å². The molecule has 2 nitrogen and oxygen atoms in total. The SMILES string of the molecule is CCC1CNC(C)(C)CN1c1ccc(Br)cc1C. The molecule has 0 saturated carbocycles. The third-order valence-electron chi connectivity index (χ3n) is 3.76. The van der Waals surface area contributed by atoms with Gasteiger partial charge < -0.3 is 10.2 Å². The predicted molar refractivity (Wildman–Crippen MR) is 82.4 cm³/mol. The zero-order chi connectivity index (χ0) is 13.3. The molecule has 0 aromatic heterocycles. The Bertz CT molecular complexity index is 429. The van der Waals surface area contributed by atoms with Crippen LogP contribution in [0.2, 0.25) is 0 Å².